The summed E-state index contributed by atoms with van der Waals surface area (Å²) >= 11 is 0. The third-order valence-electron chi connectivity index (χ3n) is 6.48. The van der Waals surface area contributed by atoms with E-state index in [1.54, 1.807) is 7.11 Å². The zero-order chi connectivity index (χ0) is 14.1. The molecule has 0 aromatic carbocycles. The molecule has 3 aliphatic carbocycles. The Bertz CT molecular complexity index is 416. The van der Waals surface area contributed by atoms with Gasteiger partial charge < -0.3 is 9.84 Å². The third-order valence-corrected chi connectivity index (χ3v) is 6.48. The Kier molecular flexibility index (Phi) is 2.73. The molecule has 0 saturated heterocycles. The fraction of sp³-hybridized carbons (Fsp3) is 0.938. The van der Waals surface area contributed by atoms with Gasteiger partial charge in [-0.2, -0.15) is 0 Å². The largest absolute Gasteiger partial charge is 0.385 e. The van der Waals surface area contributed by atoms with Crippen molar-refractivity contribution in [2.45, 2.75) is 65.1 Å². The van der Waals surface area contributed by atoms with E-state index < -0.39 is 6.10 Å². The molecule has 0 heterocycles. The van der Waals surface area contributed by atoms with Gasteiger partial charge in [0.25, 0.3) is 0 Å². The van der Waals surface area contributed by atoms with Crippen molar-refractivity contribution < 1.29 is 14.6 Å². The Morgan fingerprint density at radius 3 is 2.63 bits per heavy atom. The summed E-state index contributed by atoms with van der Waals surface area (Å²) in [5, 5.41) is 10.3. The molecule has 0 radical (unpaired) electrons. The number of carbonyl (C=O) groups excluding carboxylic acids is 1. The highest BCUT2D eigenvalue weighted by Crippen LogP contribution is 2.68. The van der Waals surface area contributed by atoms with E-state index in [-0.39, 0.29) is 28.1 Å². The average molecular weight is 266 g/mol. The van der Waals surface area contributed by atoms with Crippen LogP contribution in [0.1, 0.15) is 52.9 Å². The molecule has 0 aromatic heterocycles. The SMILES string of the molecule is CO[C@H]1CC(C)(C)[C@@H]2CC[C@]3(C)C[C@]12CC(=O)[C@@H]3O. The second kappa shape index (κ2) is 3.82. The predicted octanol–water partition coefficient (Wildman–Crippen LogP) is 2.56. The molecule has 3 saturated carbocycles. The van der Waals surface area contributed by atoms with Crippen molar-refractivity contribution in [2.75, 3.05) is 7.11 Å². The number of hydrogen-bond acceptors (Lipinski definition) is 3. The van der Waals surface area contributed by atoms with E-state index in [4.69, 9.17) is 4.74 Å². The molecule has 0 amide bonds. The lowest BCUT2D eigenvalue weighted by Crippen LogP contribution is -2.58. The van der Waals surface area contributed by atoms with E-state index in [0.717, 1.165) is 25.7 Å². The van der Waals surface area contributed by atoms with E-state index in [0.29, 0.717) is 12.3 Å². The first-order chi connectivity index (χ1) is 8.75. The number of ether oxygens (including phenoxy) is 1. The minimum Gasteiger partial charge on any atom is -0.385 e. The fourth-order valence-corrected chi connectivity index (χ4v) is 5.72. The molecule has 3 aliphatic rings. The van der Waals surface area contributed by atoms with E-state index in [2.05, 4.69) is 20.8 Å². The standard InChI is InChI=1S/C16H26O3/c1-14(2)8-12(19-4)16-7-10(17)13(18)15(3,9-16)6-5-11(14)16/h11-13,18H,5-9H2,1-4H3/t11-,12-,13-,15+,16-/m0/s1. The van der Waals surface area contributed by atoms with E-state index in [1.807, 2.05) is 0 Å². The van der Waals surface area contributed by atoms with Crippen LogP contribution in [0.5, 0.6) is 0 Å². The molecule has 0 aliphatic heterocycles. The second-order valence-corrected chi connectivity index (χ2v) is 8.12. The molecular weight excluding hydrogens is 240 g/mol. The van der Waals surface area contributed by atoms with Gasteiger partial charge in [0.05, 0.1) is 6.10 Å². The van der Waals surface area contributed by atoms with Crippen LogP contribution in [0.3, 0.4) is 0 Å². The van der Waals surface area contributed by atoms with Crippen LogP contribution in [-0.4, -0.2) is 30.2 Å². The number of ketones is 1. The predicted molar refractivity (Wildman–Crippen MR) is 72.7 cm³/mol. The maximum absolute atomic E-state index is 12.3. The Morgan fingerprint density at radius 1 is 1.32 bits per heavy atom. The van der Waals surface area contributed by atoms with Crippen molar-refractivity contribution in [3.05, 3.63) is 0 Å². The Labute approximate surface area is 115 Å². The number of rotatable bonds is 1. The van der Waals surface area contributed by atoms with Crippen LogP contribution in [0.25, 0.3) is 0 Å². The lowest BCUT2D eigenvalue weighted by atomic mass is 9.49. The molecule has 108 valence electrons. The first kappa shape index (κ1) is 13.6. The number of carbonyl (C=O) groups is 1. The van der Waals surface area contributed by atoms with Gasteiger partial charge in [0.1, 0.15) is 6.10 Å². The van der Waals surface area contributed by atoms with Crippen LogP contribution in [0.2, 0.25) is 0 Å². The summed E-state index contributed by atoms with van der Waals surface area (Å²) in [5.74, 6) is 0.590. The Morgan fingerprint density at radius 2 is 2.00 bits per heavy atom. The van der Waals surface area contributed by atoms with Gasteiger partial charge >= 0.3 is 0 Å². The molecule has 5 atom stereocenters. The van der Waals surface area contributed by atoms with E-state index in [9.17, 15) is 9.90 Å². The molecule has 3 nitrogen and oxygen atoms in total. The van der Waals surface area contributed by atoms with Gasteiger partial charge in [0.15, 0.2) is 5.78 Å². The summed E-state index contributed by atoms with van der Waals surface area (Å²) in [6, 6.07) is 0. The molecule has 2 bridgehead atoms. The van der Waals surface area contributed by atoms with Crippen molar-refractivity contribution in [1.82, 2.24) is 0 Å². The zero-order valence-electron chi connectivity index (χ0n) is 12.5. The quantitative estimate of drug-likeness (QED) is 0.793. The van der Waals surface area contributed by atoms with Crippen LogP contribution in [0, 0.1) is 22.2 Å². The maximum atomic E-state index is 12.3. The van der Waals surface area contributed by atoms with Crippen molar-refractivity contribution in [1.29, 1.82) is 0 Å². The molecule has 1 spiro atoms. The number of Topliss-reactive ketones (excluding diaryl/α,β-unsaturated/α-hetero) is 1. The summed E-state index contributed by atoms with van der Waals surface area (Å²) in [7, 11) is 1.78. The van der Waals surface area contributed by atoms with Crippen LogP contribution >= 0.6 is 0 Å². The normalized spacial score (nSPS) is 52.1. The lowest BCUT2D eigenvalue weighted by Gasteiger charge is -2.56. The number of aliphatic hydroxyl groups excluding tert-OH is 1. The van der Waals surface area contributed by atoms with Gasteiger partial charge in [0, 0.05) is 24.4 Å². The molecule has 19 heavy (non-hydrogen) atoms. The fourth-order valence-electron chi connectivity index (χ4n) is 5.72. The summed E-state index contributed by atoms with van der Waals surface area (Å²) in [6.45, 7) is 6.72. The highest BCUT2D eigenvalue weighted by atomic mass is 16.5. The smallest absolute Gasteiger partial charge is 0.162 e. The Hall–Kier alpha value is -0.410. The highest BCUT2D eigenvalue weighted by Gasteiger charge is 2.67. The molecular formula is C16H26O3. The Balaban J connectivity index is 2.06. The topological polar surface area (TPSA) is 46.5 Å². The van der Waals surface area contributed by atoms with Crippen LogP contribution in [-0.2, 0) is 9.53 Å². The van der Waals surface area contributed by atoms with Gasteiger partial charge in [-0.25, -0.2) is 0 Å². The molecule has 3 rings (SSSR count). The van der Waals surface area contributed by atoms with Crippen LogP contribution in [0.15, 0.2) is 0 Å². The number of aliphatic hydroxyl groups is 1. The monoisotopic (exact) mass is 266 g/mol. The molecule has 0 aromatic rings. The van der Waals surface area contributed by atoms with Crippen LogP contribution < -0.4 is 0 Å². The third kappa shape index (κ3) is 1.61. The second-order valence-electron chi connectivity index (χ2n) is 8.12. The average Bonchev–Trinajstić information content (AvgIpc) is 2.53. The zero-order valence-corrected chi connectivity index (χ0v) is 12.5. The lowest BCUT2D eigenvalue weighted by molar-refractivity contribution is -0.171. The van der Waals surface area contributed by atoms with E-state index >= 15 is 0 Å². The summed E-state index contributed by atoms with van der Waals surface area (Å²) in [4.78, 5) is 12.3. The summed E-state index contributed by atoms with van der Waals surface area (Å²) in [6.07, 6.45) is 3.98. The summed E-state index contributed by atoms with van der Waals surface area (Å²) < 4.78 is 5.79. The molecule has 3 fully saturated rings. The van der Waals surface area contributed by atoms with Crippen molar-refractivity contribution in [3.63, 3.8) is 0 Å². The minimum absolute atomic E-state index is 0.0262. The highest BCUT2D eigenvalue weighted by molar-refractivity contribution is 5.85. The minimum atomic E-state index is -0.764. The van der Waals surface area contributed by atoms with Gasteiger partial charge in [-0.3, -0.25) is 4.79 Å². The van der Waals surface area contributed by atoms with E-state index in [1.165, 1.54) is 0 Å². The van der Waals surface area contributed by atoms with Gasteiger partial charge in [-0.15, -0.1) is 0 Å². The van der Waals surface area contributed by atoms with Crippen molar-refractivity contribution in [2.24, 2.45) is 22.2 Å². The van der Waals surface area contributed by atoms with Crippen molar-refractivity contribution in [3.8, 4) is 0 Å². The number of fused-ring (bicyclic) bond motifs is 1. The van der Waals surface area contributed by atoms with Gasteiger partial charge in [-0.05, 0) is 37.0 Å². The molecule has 1 N–H and O–H groups in total. The molecule has 0 unspecified atom stereocenters. The first-order valence-electron chi connectivity index (χ1n) is 7.49. The van der Waals surface area contributed by atoms with Gasteiger partial charge in [-0.1, -0.05) is 20.8 Å². The molecule has 3 heteroatoms. The summed E-state index contributed by atoms with van der Waals surface area (Å²) in [5.41, 5.74) is -0.0187. The number of hydrogen-bond donors (Lipinski definition) is 1. The number of methoxy groups -OCH3 is 1. The maximum Gasteiger partial charge on any atom is 0.162 e. The van der Waals surface area contributed by atoms with Gasteiger partial charge in [0.2, 0.25) is 0 Å². The van der Waals surface area contributed by atoms with Crippen LogP contribution in [0.4, 0.5) is 0 Å². The van der Waals surface area contributed by atoms with Crippen molar-refractivity contribution >= 4 is 5.78 Å². The first-order valence-corrected chi connectivity index (χ1v) is 7.49.